The second-order valence-corrected chi connectivity index (χ2v) is 6.32. The summed E-state index contributed by atoms with van der Waals surface area (Å²) in [7, 11) is 0. The van der Waals surface area contributed by atoms with Crippen molar-refractivity contribution in [2.75, 3.05) is 18.4 Å². The predicted octanol–water partition coefficient (Wildman–Crippen LogP) is 2.62. The monoisotopic (exact) mass is 324 g/mol. The zero-order valence-electron chi connectivity index (χ0n) is 13.2. The fourth-order valence-corrected chi connectivity index (χ4v) is 3.38. The van der Waals surface area contributed by atoms with Crippen LogP contribution in [0.5, 0.6) is 0 Å². The van der Waals surface area contributed by atoms with Crippen LogP contribution in [-0.2, 0) is 11.2 Å². The van der Waals surface area contributed by atoms with Crippen molar-refractivity contribution in [1.82, 2.24) is 15.2 Å². The number of nitrogens with one attached hydrogen (secondary N) is 2. The molecule has 1 heterocycles. The molecule has 1 aliphatic carbocycles. The average Bonchev–Trinajstić information content (AvgIpc) is 3.12. The highest BCUT2D eigenvalue weighted by atomic mass is 32.1. The van der Waals surface area contributed by atoms with Gasteiger partial charge in [-0.25, -0.2) is 9.78 Å². The van der Waals surface area contributed by atoms with Crippen molar-refractivity contribution in [3.8, 4) is 0 Å². The molecule has 0 atom stereocenters. The number of aromatic nitrogens is 1. The first-order chi connectivity index (χ1) is 10.6. The molecule has 7 heteroatoms. The SMILES string of the molecule is CCN(CC)C(=O)Cc1csc(NC(=O)NC2CCCC2)n1. The summed E-state index contributed by atoms with van der Waals surface area (Å²) < 4.78 is 0. The molecule has 1 saturated carbocycles. The molecule has 6 nitrogen and oxygen atoms in total. The van der Waals surface area contributed by atoms with E-state index in [1.54, 1.807) is 4.90 Å². The molecule has 1 aliphatic rings. The summed E-state index contributed by atoms with van der Waals surface area (Å²) in [4.78, 5) is 30.0. The van der Waals surface area contributed by atoms with E-state index in [0.29, 0.717) is 23.9 Å². The third-order valence-corrected chi connectivity index (χ3v) is 4.72. The molecule has 122 valence electrons. The number of thiazole rings is 1. The number of hydrogen-bond acceptors (Lipinski definition) is 4. The van der Waals surface area contributed by atoms with Crippen LogP contribution in [0.15, 0.2) is 5.38 Å². The molecule has 1 fully saturated rings. The molecule has 0 unspecified atom stereocenters. The zero-order valence-corrected chi connectivity index (χ0v) is 14.0. The van der Waals surface area contributed by atoms with Gasteiger partial charge in [0.2, 0.25) is 5.91 Å². The molecule has 1 aromatic rings. The highest BCUT2D eigenvalue weighted by Gasteiger charge is 2.18. The standard InChI is InChI=1S/C15H24N4O2S/c1-3-19(4-2)13(20)9-12-10-22-15(17-12)18-14(21)16-11-7-5-6-8-11/h10-11H,3-9H2,1-2H3,(H2,16,17,18,21). The van der Waals surface area contributed by atoms with E-state index in [1.165, 1.54) is 24.2 Å². The van der Waals surface area contributed by atoms with Crippen LogP contribution in [0.1, 0.15) is 45.2 Å². The lowest BCUT2D eigenvalue weighted by Crippen LogP contribution is -2.36. The smallest absolute Gasteiger partial charge is 0.321 e. The first-order valence-electron chi connectivity index (χ1n) is 7.92. The summed E-state index contributed by atoms with van der Waals surface area (Å²) in [6.07, 6.45) is 4.74. The molecule has 0 aliphatic heterocycles. The average molecular weight is 324 g/mol. The Morgan fingerprint density at radius 1 is 1.32 bits per heavy atom. The molecule has 0 aromatic carbocycles. The number of nitrogens with zero attached hydrogens (tertiary/aromatic N) is 2. The van der Waals surface area contributed by atoms with Crippen molar-refractivity contribution >= 4 is 28.4 Å². The van der Waals surface area contributed by atoms with Gasteiger partial charge in [0.1, 0.15) is 0 Å². The summed E-state index contributed by atoms with van der Waals surface area (Å²) >= 11 is 1.35. The summed E-state index contributed by atoms with van der Waals surface area (Å²) in [5.74, 6) is 0.0669. The Labute approximate surface area is 135 Å². The van der Waals surface area contributed by atoms with Gasteiger partial charge in [0.15, 0.2) is 5.13 Å². The Kier molecular flexibility index (Phi) is 6.18. The number of anilines is 1. The van der Waals surface area contributed by atoms with Gasteiger partial charge in [0.25, 0.3) is 0 Å². The van der Waals surface area contributed by atoms with Crippen LogP contribution < -0.4 is 10.6 Å². The number of likely N-dealkylation sites (N-methyl/N-ethyl adjacent to an activating group) is 1. The maximum Gasteiger partial charge on any atom is 0.321 e. The molecule has 3 amide bonds. The van der Waals surface area contributed by atoms with Crippen LogP contribution in [0.2, 0.25) is 0 Å². The Balaban J connectivity index is 1.82. The fraction of sp³-hybridized carbons (Fsp3) is 0.667. The zero-order chi connectivity index (χ0) is 15.9. The van der Waals surface area contributed by atoms with Gasteiger partial charge in [-0.1, -0.05) is 12.8 Å². The van der Waals surface area contributed by atoms with E-state index in [4.69, 9.17) is 0 Å². The maximum absolute atomic E-state index is 12.0. The number of rotatable bonds is 6. The first kappa shape index (κ1) is 16.7. The third kappa shape index (κ3) is 4.69. The fourth-order valence-electron chi connectivity index (χ4n) is 2.68. The first-order valence-corrected chi connectivity index (χ1v) is 8.80. The number of urea groups is 1. The lowest BCUT2D eigenvalue weighted by molar-refractivity contribution is -0.130. The molecular formula is C15H24N4O2S. The highest BCUT2D eigenvalue weighted by molar-refractivity contribution is 7.13. The van der Waals surface area contributed by atoms with Crippen molar-refractivity contribution < 1.29 is 9.59 Å². The Morgan fingerprint density at radius 2 is 2.00 bits per heavy atom. The molecule has 0 spiro atoms. The van der Waals surface area contributed by atoms with Crippen LogP contribution in [0.4, 0.5) is 9.93 Å². The van der Waals surface area contributed by atoms with E-state index in [0.717, 1.165) is 12.8 Å². The molecule has 0 bridgehead atoms. The largest absolute Gasteiger partial charge is 0.343 e. The minimum absolute atomic E-state index is 0.0669. The maximum atomic E-state index is 12.0. The third-order valence-electron chi connectivity index (χ3n) is 3.91. The quantitative estimate of drug-likeness (QED) is 0.844. The highest BCUT2D eigenvalue weighted by Crippen LogP contribution is 2.19. The van der Waals surface area contributed by atoms with E-state index in [9.17, 15) is 9.59 Å². The van der Waals surface area contributed by atoms with Crippen LogP contribution >= 0.6 is 11.3 Å². The molecule has 1 aromatic heterocycles. The van der Waals surface area contributed by atoms with Crippen LogP contribution in [0.25, 0.3) is 0 Å². The second kappa shape index (κ2) is 8.12. The van der Waals surface area contributed by atoms with Crippen molar-refractivity contribution in [2.45, 2.75) is 52.0 Å². The lowest BCUT2D eigenvalue weighted by atomic mass is 10.3. The number of hydrogen-bond donors (Lipinski definition) is 2. The minimum Gasteiger partial charge on any atom is -0.343 e. The van der Waals surface area contributed by atoms with Gasteiger partial charge in [0, 0.05) is 24.5 Å². The van der Waals surface area contributed by atoms with E-state index in [1.807, 2.05) is 19.2 Å². The molecule has 2 rings (SSSR count). The summed E-state index contributed by atoms with van der Waals surface area (Å²) in [5.41, 5.74) is 0.707. The predicted molar refractivity (Wildman–Crippen MR) is 88.2 cm³/mol. The van der Waals surface area contributed by atoms with E-state index >= 15 is 0 Å². The van der Waals surface area contributed by atoms with E-state index < -0.39 is 0 Å². The Bertz CT molecular complexity index is 507. The van der Waals surface area contributed by atoms with Gasteiger partial charge in [-0.05, 0) is 26.7 Å². The van der Waals surface area contributed by atoms with Gasteiger partial charge >= 0.3 is 6.03 Å². The van der Waals surface area contributed by atoms with Gasteiger partial charge in [-0.2, -0.15) is 0 Å². The van der Waals surface area contributed by atoms with Gasteiger partial charge in [-0.3, -0.25) is 10.1 Å². The van der Waals surface area contributed by atoms with Crippen molar-refractivity contribution in [3.63, 3.8) is 0 Å². The topological polar surface area (TPSA) is 74.3 Å². The van der Waals surface area contributed by atoms with Crippen LogP contribution in [-0.4, -0.2) is 41.0 Å². The number of carbonyl (C=O) groups is 2. The summed E-state index contributed by atoms with van der Waals surface area (Å²) in [6.45, 7) is 5.33. The van der Waals surface area contributed by atoms with Crippen LogP contribution in [0.3, 0.4) is 0 Å². The van der Waals surface area contributed by atoms with E-state index in [2.05, 4.69) is 15.6 Å². The van der Waals surface area contributed by atoms with E-state index in [-0.39, 0.29) is 24.4 Å². The van der Waals surface area contributed by atoms with Gasteiger partial charge in [0.05, 0.1) is 12.1 Å². The molecule has 2 N–H and O–H groups in total. The van der Waals surface area contributed by atoms with Crippen molar-refractivity contribution in [2.24, 2.45) is 0 Å². The molecular weight excluding hydrogens is 300 g/mol. The summed E-state index contributed by atoms with van der Waals surface area (Å²) in [5, 5.41) is 8.07. The lowest BCUT2D eigenvalue weighted by Gasteiger charge is -2.17. The molecule has 0 radical (unpaired) electrons. The second-order valence-electron chi connectivity index (χ2n) is 5.47. The Hall–Kier alpha value is -1.63. The molecule has 22 heavy (non-hydrogen) atoms. The number of amides is 3. The minimum atomic E-state index is -0.206. The Morgan fingerprint density at radius 3 is 2.64 bits per heavy atom. The number of carbonyl (C=O) groups excluding carboxylic acids is 2. The molecule has 0 saturated heterocycles. The van der Waals surface area contributed by atoms with Crippen molar-refractivity contribution in [3.05, 3.63) is 11.1 Å². The normalized spacial score (nSPS) is 14.8. The van der Waals surface area contributed by atoms with Gasteiger partial charge in [-0.15, -0.1) is 11.3 Å². The van der Waals surface area contributed by atoms with Gasteiger partial charge < -0.3 is 10.2 Å². The van der Waals surface area contributed by atoms with Crippen molar-refractivity contribution in [1.29, 1.82) is 0 Å². The van der Waals surface area contributed by atoms with Crippen LogP contribution in [0, 0.1) is 0 Å². The summed E-state index contributed by atoms with van der Waals surface area (Å²) in [6, 6.07) is 0.0755.